The third-order valence-corrected chi connectivity index (χ3v) is 3.65. The van der Waals surface area contributed by atoms with Gasteiger partial charge in [-0.15, -0.1) is 0 Å². The van der Waals surface area contributed by atoms with Gasteiger partial charge in [-0.05, 0) is 49.2 Å². The van der Waals surface area contributed by atoms with Crippen molar-refractivity contribution in [3.63, 3.8) is 0 Å². The molecule has 0 saturated heterocycles. The highest BCUT2D eigenvalue weighted by atomic mass is 35.5. The standard InChI is InChI=1S/C16H15ClO4/c1-9-6-12(7-10(2)15(9)17)21-14-8-11(20-3)4-5-13(14)16(18)19/h4-8H,1-3H3,(H,18,19). The summed E-state index contributed by atoms with van der Waals surface area (Å²) in [5.41, 5.74) is 1.80. The third-order valence-electron chi connectivity index (χ3n) is 3.06. The van der Waals surface area contributed by atoms with Gasteiger partial charge in [-0.2, -0.15) is 0 Å². The average molecular weight is 307 g/mol. The summed E-state index contributed by atoms with van der Waals surface area (Å²) in [6.07, 6.45) is 0. The Morgan fingerprint density at radius 1 is 1.10 bits per heavy atom. The van der Waals surface area contributed by atoms with Crippen LogP contribution < -0.4 is 9.47 Å². The molecule has 0 unspecified atom stereocenters. The maximum Gasteiger partial charge on any atom is 0.339 e. The van der Waals surface area contributed by atoms with Gasteiger partial charge in [0.25, 0.3) is 0 Å². The van der Waals surface area contributed by atoms with E-state index < -0.39 is 5.97 Å². The quantitative estimate of drug-likeness (QED) is 0.906. The van der Waals surface area contributed by atoms with Crippen molar-refractivity contribution in [1.82, 2.24) is 0 Å². The SMILES string of the molecule is COc1ccc(C(=O)O)c(Oc2cc(C)c(Cl)c(C)c2)c1. The third kappa shape index (κ3) is 3.28. The molecule has 4 nitrogen and oxygen atoms in total. The van der Waals surface area contributed by atoms with Crippen LogP contribution in [0.25, 0.3) is 0 Å². The highest BCUT2D eigenvalue weighted by Crippen LogP contribution is 2.32. The van der Waals surface area contributed by atoms with Crippen molar-refractivity contribution in [2.45, 2.75) is 13.8 Å². The molecule has 0 bridgehead atoms. The number of benzene rings is 2. The van der Waals surface area contributed by atoms with Crippen molar-refractivity contribution in [2.75, 3.05) is 7.11 Å². The molecule has 2 rings (SSSR count). The van der Waals surface area contributed by atoms with Crippen LogP contribution in [0.1, 0.15) is 21.5 Å². The van der Waals surface area contributed by atoms with Gasteiger partial charge < -0.3 is 14.6 Å². The smallest absolute Gasteiger partial charge is 0.339 e. The summed E-state index contributed by atoms with van der Waals surface area (Å²) in [6.45, 7) is 3.73. The van der Waals surface area contributed by atoms with Crippen molar-refractivity contribution < 1.29 is 19.4 Å². The molecule has 5 heteroatoms. The Morgan fingerprint density at radius 2 is 1.71 bits per heavy atom. The number of carboxylic acid groups (broad SMARTS) is 1. The number of carboxylic acids is 1. The van der Waals surface area contributed by atoms with E-state index in [0.717, 1.165) is 11.1 Å². The first-order chi connectivity index (χ1) is 9.92. The van der Waals surface area contributed by atoms with Gasteiger partial charge in [-0.1, -0.05) is 11.6 Å². The second-order valence-electron chi connectivity index (χ2n) is 4.64. The maximum absolute atomic E-state index is 11.3. The minimum absolute atomic E-state index is 0.0704. The van der Waals surface area contributed by atoms with Crippen LogP contribution in [0.4, 0.5) is 0 Å². The molecule has 0 aliphatic heterocycles. The van der Waals surface area contributed by atoms with Gasteiger partial charge in [0.05, 0.1) is 7.11 Å². The van der Waals surface area contributed by atoms with Gasteiger partial charge in [-0.3, -0.25) is 0 Å². The molecule has 21 heavy (non-hydrogen) atoms. The number of carbonyl (C=O) groups is 1. The Hall–Kier alpha value is -2.20. The lowest BCUT2D eigenvalue weighted by atomic mass is 10.1. The molecule has 2 aromatic rings. The number of rotatable bonds is 4. The molecule has 0 amide bonds. The van der Waals surface area contributed by atoms with E-state index in [4.69, 9.17) is 21.1 Å². The summed E-state index contributed by atoms with van der Waals surface area (Å²) >= 11 is 6.11. The second kappa shape index (κ2) is 6.06. The lowest BCUT2D eigenvalue weighted by molar-refractivity contribution is 0.0694. The molecule has 110 valence electrons. The number of aromatic carboxylic acids is 1. The second-order valence-corrected chi connectivity index (χ2v) is 5.02. The minimum atomic E-state index is -1.06. The fourth-order valence-corrected chi connectivity index (χ4v) is 2.09. The number of ether oxygens (including phenoxy) is 2. The summed E-state index contributed by atoms with van der Waals surface area (Å²) in [5.74, 6) is 0.223. The normalized spacial score (nSPS) is 10.3. The molecule has 0 aliphatic carbocycles. The minimum Gasteiger partial charge on any atom is -0.497 e. The predicted octanol–water partition coefficient (Wildman–Crippen LogP) is 4.46. The molecule has 1 N–H and O–H groups in total. The molecule has 0 spiro atoms. The number of hydrogen-bond donors (Lipinski definition) is 1. The van der Waals surface area contributed by atoms with E-state index in [0.29, 0.717) is 16.5 Å². The molecular weight excluding hydrogens is 292 g/mol. The van der Waals surface area contributed by atoms with Gasteiger partial charge >= 0.3 is 5.97 Å². The summed E-state index contributed by atoms with van der Waals surface area (Å²) in [4.78, 5) is 11.3. The highest BCUT2D eigenvalue weighted by molar-refractivity contribution is 6.32. The van der Waals surface area contributed by atoms with Crippen LogP contribution in [0.2, 0.25) is 5.02 Å². The maximum atomic E-state index is 11.3. The summed E-state index contributed by atoms with van der Waals surface area (Å²) in [6, 6.07) is 8.10. The molecule has 2 aromatic carbocycles. The first-order valence-corrected chi connectivity index (χ1v) is 6.66. The van der Waals surface area contributed by atoms with Gasteiger partial charge in [0.1, 0.15) is 22.8 Å². The number of methoxy groups -OCH3 is 1. The Kier molecular flexibility index (Phi) is 4.38. The molecule has 0 heterocycles. The number of halogens is 1. The van der Waals surface area contributed by atoms with E-state index >= 15 is 0 Å². The van der Waals surface area contributed by atoms with Crippen molar-refractivity contribution in [3.8, 4) is 17.2 Å². The lowest BCUT2D eigenvalue weighted by Gasteiger charge is -2.12. The summed E-state index contributed by atoms with van der Waals surface area (Å²) in [7, 11) is 1.51. The van der Waals surface area contributed by atoms with Gasteiger partial charge in [0.15, 0.2) is 0 Å². The Morgan fingerprint density at radius 3 is 2.24 bits per heavy atom. The Labute approximate surface area is 127 Å². The van der Waals surface area contributed by atoms with Gasteiger partial charge in [-0.25, -0.2) is 4.79 Å². The van der Waals surface area contributed by atoms with Crippen LogP contribution in [0.5, 0.6) is 17.2 Å². The van der Waals surface area contributed by atoms with E-state index in [-0.39, 0.29) is 11.3 Å². The fourth-order valence-electron chi connectivity index (χ4n) is 1.98. The van der Waals surface area contributed by atoms with Crippen molar-refractivity contribution in [1.29, 1.82) is 0 Å². The molecular formula is C16H15ClO4. The van der Waals surface area contributed by atoms with Crippen molar-refractivity contribution >= 4 is 17.6 Å². The number of aryl methyl sites for hydroxylation is 2. The highest BCUT2D eigenvalue weighted by Gasteiger charge is 2.14. The topological polar surface area (TPSA) is 55.8 Å². The first kappa shape index (κ1) is 15.2. The summed E-state index contributed by atoms with van der Waals surface area (Å²) < 4.78 is 10.8. The van der Waals surface area contributed by atoms with Crippen LogP contribution in [0.3, 0.4) is 0 Å². The zero-order valence-corrected chi connectivity index (χ0v) is 12.7. The average Bonchev–Trinajstić information content (AvgIpc) is 2.44. The molecule has 0 fully saturated rings. The zero-order valence-electron chi connectivity index (χ0n) is 11.9. The van der Waals surface area contributed by atoms with Gasteiger partial charge in [0.2, 0.25) is 0 Å². The Bertz CT molecular complexity index is 672. The largest absolute Gasteiger partial charge is 0.497 e. The Balaban J connectivity index is 2.45. The van der Waals surface area contributed by atoms with E-state index in [1.165, 1.54) is 13.2 Å². The molecule has 0 aliphatic rings. The van der Waals surface area contributed by atoms with E-state index in [9.17, 15) is 9.90 Å². The molecule has 0 atom stereocenters. The van der Waals surface area contributed by atoms with Crippen molar-refractivity contribution in [2.24, 2.45) is 0 Å². The zero-order chi connectivity index (χ0) is 15.6. The summed E-state index contributed by atoms with van der Waals surface area (Å²) in [5, 5.41) is 9.89. The van der Waals surface area contributed by atoms with E-state index in [2.05, 4.69) is 0 Å². The molecule has 0 saturated carbocycles. The van der Waals surface area contributed by atoms with Crippen molar-refractivity contribution in [3.05, 3.63) is 52.0 Å². The van der Waals surface area contributed by atoms with E-state index in [1.807, 2.05) is 13.8 Å². The van der Waals surface area contributed by atoms with Crippen LogP contribution in [0.15, 0.2) is 30.3 Å². The van der Waals surface area contributed by atoms with Crippen LogP contribution in [-0.2, 0) is 0 Å². The lowest BCUT2D eigenvalue weighted by Crippen LogP contribution is -2.01. The van der Waals surface area contributed by atoms with Crippen LogP contribution in [-0.4, -0.2) is 18.2 Å². The van der Waals surface area contributed by atoms with E-state index in [1.54, 1.807) is 24.3 Å². The monoisotopic (exact) mass is 306 g/mol. The fraction of sp³-hybridized carbons (Fsp3) is 0.188. The van der Waals surface area contributed by atoms with Crippen LogP contribution >= 0.6 is 11.6 Å². The van der Waals surface area contributed by atoms with Crippen LogP contribution in [0, 0.1) is 13.8 Å². The first-order valence-electron chi connectivity index (χ1n) is 6.28. The molecule has 0 aromatic heterocycles. The number of hydrogen-bond acceptors (Lipinski definition) is 3. The van der Waals surface area contributed by atoms with Gasteiger partial charge in [0, 0.05) is 11.1 Å². The predicted molar refractivity (Wildman–Crippen MR) is 81.0 cm³/mol. The molecule has 0 radical (unpaired) electrons.